The summed E-state index contributed by atoms with van der Waals surface area (Å²) in [7, 11) is 1.14. The fourth-order valence-electron chi connectivity index (χ4n) is 1.92. The molecule has 138 valence electrons. The molecular weight excluding hydrogens is 378 g/mol. The van der Waals surface area contributed by atoms with Gasteiger partial charge < -0.3 is 4.74 Å². The predicted octanol–water partition coefficient (Wildman–Crippen LogP) is 2.76. The number of nitrogens with one attached hydrogen (secondary N) is 1. The minimum absolute atomic E-state index is 0.00618. The average Bonchev–Trinajstić information content (AvgIpc) is 2.88. The predicted molar refractivity (Wildman–Crippen MR) is 87.0 cm³/mol. The summed E-state index contributed by atoms with van der Waals surface area (Å²) >= 11 is 0.774. The highest BCUT2D eigenvalue weighted by Gasteiger charge is 2.36. The van der Waals surface area contributed by atoms with Crippen LogP contribution in [0, 0.1) is 12.7 Å². The molecular formula is C15H11F4N3O3S. The van der Waals surface area contributed by atoms with Gasteiger partial charge in [0.2, 0.25) is 0 Å². The SMILES string of the molecule is COC(=O)/C=C1/S/C(=N\N=Cc2ccc(C)c(C(F)(F)F)c2F)NC1=O. The highest BCUT2D eigenvalue weighted by atomic mass is 32.2. The Hall–Kier alpha value is -2.69. The molecule has 1 amide bonds. The smallest absolute Gasteiger partial charge is 0.419 e. The summed E-state index contributed by atoms with van der Waals surface area (Å²) in [6.07, 6.45) is -3.10. The Labute approximate surface area is 149 Å². The largest absolute Gasteiger partial charge is 0.466 e. The lowest BCUT2D eigenvalue weighted by molar-refractivity contribution is -0.140. The molecule has 1 aliphatic heterocycles. The second-order valence-corrected chi connectivity index (χ2v) is 5.93. The third-order valence-electron chi connectivity index (χ3n) is 3.11. The van der Waals surface area contributed by atoms with Crippen molar-refractivity contribution >= 4 is 35.0 Å². The maximum atomic E-state index is 14.0. The van der Waals surface area contributed by atoms with E-state index in [4.69, 9.17) is 0 Å². The number of thioether (sulfide) groups is 1. The summed E-state index contributed by atoms with van der Waals surface area (Å²) in [5.74, 6) is -2.82. The molecule has 1 N–H and O–H groups in total. The summed E-state index contributed by atoms with van der Waals surface area (Å²) in [4.78, 5) is 22.7. The number of nitrogens with zero attached hydrogens (tertiary/aromatic N) is 2. The fraction of sp³-hybridized carbons (Fsp3) is 0.200. The molecule has 26 heavy (non-hydrogen) atoms. The molecule has 0 atom stereocenters. The number of carbonyl (C=O) groups is 2. The van der Waals surface area contributed by atoms with Crippen molar-refractivity contribution in [2.45, 2.75) is 13.1 Å². The van der Waals surface area contributed by atoms with Crippen molar-refractivity contribution in [1.82, 2.24) is 5.32 Å². The number of alkyl halides is 3. The normalized spacial score (nSPS) is 18.0. The Bertz CT molecular complexity index is 847. The van der Waals surface area contributed by atoms with Gasteiger partial charge in [-0.3, -0.25) is 10.1 Å². The quantitative estimate of drug-likeness (QED) is 0.283. The van der Waals surface area contributed by atoms with Crippen LogP contribution in [0.2, 0.25) is 0 Å². The van der Waals surface area contributed by atoms with Crippen molar-refractivity contribution in [2.24, 2.45) is 10.2 Å². The van der Waals surface area contributed by atoms with Crippen LogP contribution in [0.1, 0.15) is 16.7 Å². The molecule has 0 bridgehead atoms. The Morgan fingerprint density at radius 1 is 1.35 bits per heavy atom. The van der Waals surface area contributed by atoms with Crippen molar-refractivity contribution in [3.63, 3.8) is 0 Å². The number of carbonyl (C=O) groups excluding carboxylic acids is 2. The first kappa shape index (κ1) is 19.6. The summed E-state index contributed by atoms with van der Waals surface area (Å²) in [6, 6.07) is 2.25. The van der Waals surface area contributed by atoms with Gasteiger partial charge in [0.25, 0.3) is 5.91 Å². The van der Waals surface area contributed by atoms with E-state index in [9.17, 15) is 27.2 Å². The maximum Gasteiger partial charge on any atom is 0.419 e. The zero-order valence-corrected chi connectivity index (χ0v) is 14.2. The highest BCUT2D eigenvalue weighted by molar-refractivity contribution is 8.18. The first-order chi connectivity index (χ1) is 12.1. The van der Waals surface area contributed by atoms with E-state index in [2.05, 4.69) is 20.3 Å². The summed E-state index contributed by atoms with van der Waals surface area (Å²) in [6.45, 7) is 1.15. The maximum absolute atomic E-state index is 14.0. The molecule has 0 radical (unpaired) electrons. The van der Waals surface area contributed by atoms with Crippen LogP contribution in [0.25, 0.3) is 0 Å². The van der Waals surface area contributed by atoms with Crippen LogP contribution in [-0.4, -0.2) is 30.4 Å². The Morgan fingerprint density at radius 3 is 2.65 bits per heavy atom. The Balaban J connectivity index is 2.22. The van der Waals surface area contributed by atoms with Crippen LogP contribution in [0.4, 0.5) is 17.6 Å². The van der Waals surface area contributed by atoms with Crippen molar-refractivity contribution < 1.29 is 31.9 Å². The molecule has 6 nitrogen and oxygen atoms in total. The van der Waals surface area contributed by atoms with Crippen molar-refractivity contribution in [1.29, 1.82) is 0 Å². The molecule has 0 unspecified atom stereocenters. The molecule has 1 aliphatic rings. The number of esters is 1. The average molecular weight is 389 g/mol. The molecule has 1 aromatic rings. The van der Waals surface area contributed by atoms with Crippen LogP contribution in [0.5, 0.6) is 0 Å². The van der Waals surface area contributed by atoms with Crippen LogP contribution >= 0.6 is 11.8 Å². The lowest BCUT2D eigenvalue weighted by Crippen LogP contribution is -2.19. The fourth-order valence-corrected chi connectivity index (χ4v) is 2.66. The molecule has 0 spiro atoms. The number of amidine groups is 1. The van der Waals surface area contributed by atoms with E-state index in [1.54, 1.807) is 0 Å². The third kappa shape index (κ3) is 4.48. The van der Waals surface area contributed by atoms with E-state index < -0.39 is 35.0 Å². The van der Waals surface area contributed by atoms with E-state index in [1.165, 1.54) is 0 Å². The van der Waals surface area contributed by atoms with Crippen LogP contribution in [-0.2, 0) is 20.5 Å². The lowest BCUT2D eigenvalue weighted by Gasteiger charge is -2.12. The first-order valence-electron chi connectivity index (χ1n) is 6.89. The molecule has 0 saturated carbocycles. The van der Waals surface area contributed by atoms with E-state index in [-0.39, 0.29) is 15.6 Å². The molecule has 0 aromatic heterocycles. The number of rotatable bonds is 3. The molecule has 11 heteroatoms. The third-order valence-corrected chi connectivity index (χ3v) is 4.01. The van der Waals surface area contributed by atoms with Crippen LogP contribution < -0.4 is 5.32 Å². The lowest BCUT2D eigenvalue weighted by atomic mass is 10.0. The second-order valence-electron chi connectivity index (χ2n) is 4.90. The number of ether oxygens (including phenoxy) is 1. The summed E-state index contributed by atoms with van der Waals surface area (Å²) < 4.78 is 57.0. The first-order valence-corrected chi connectivity index (χ1v) is 7.71. The number of hydrogen-bond acceptors (Lipinski definition) is 6. The highest BCUT2D eigenvalue weighted by Crippen LogP contribution is 2.34. The van der Waals surface area contributed by atoms with Crippen molar-refractivity contribution in [3.05, 3.63) is 45.6 Å². The van der Waals surface area contributed by atoms with Gasteiger partial charge in [0.15, 0.2) is 5.17 Å². The van der Waals surface area contributed by atoms with E-state index >= 15 is 0 Å². The number of benzene rings is 1. The molecule has 2 rings (SSSR count). The second kappa shape index (κ2) is 7.68. The Kier molecular flexibility index (Phi) is 5.80. The van der Waals surface area contributed by atoms with Gasteiger partial charge in [-0.15, -0.1) is 5.10 Å². The van der Waals surface area contributed by atoms with E-state index in [0.29, 0.717) is 0 Å². The summed E-state index contributed by atoms with van der Waals surface area (Å²) in [5.41, 5.74) is -2.04. The van der Waals surface area contributed by atoms with Gasteiger partial charge >= 0.3 is 12.1 Å². The number of aryl methyl sites for hydroxylation is 1. The van der Waals surface area contributed by atoms with Crippen molar-refractivity contribution in [3.8, 4) is 0 Å². The van der Waals surface area contributed by atoms with Gasteiger partial charge in [0, 0.05) is 11.6 Å². The number of halogens is 4. The number of hydrogen-bond donors (Lipinski definition) is 1. The zero-order valence-electron chi connectivity index (χ0n) is 13.3. The molecule has 1 heterocycles. The van der Waals surface area contributed by atoms with Gasteiger partial charge in [-0.25, -0.2) is 9.18 Å². The monoisotopic (exact) mass is 389 g/mol. The van der Waals surface area contributed by atoms with Gasteiger partial charge in [-0.05, 0) is 24.2 Å². The van der Waals surface area contributed by atoms with Gasteiger partial charge in [0.1, 0.15) is 5.82 Å². The Morgan fingerprint density at radius 2 is 2.04 bits per heavy atom. The molecule has 1 saturated heterocycles. The van der Waals surface area contributed by atoms with Gasteiger partial charge in [-0.2, -0.15) is 18.3 Å². The number of amides is 1. The standard InChI is InChI=1S/C15H11F4N3O3S/c1-7-3-4-8(12(16)11(7)15(17,18)19)6-20-22-14-21-13(24)9(26-14)5-10(23)25-2/h3-6H,1-2H3,(H,21,22,24)/b9-5+,20-6?. The van der Waals surface area contributed by atoms with E-state index in [0.717, 1.165) is 50.2 Å². The van der Waals surface area contributed by atoms with Gasteiger partial charge in [0.05, 0.1) is 23.8 Å². The molecule has 1 aromatic carbocycles. The number of methoxy groups -OCH3 is 1. The minimum atomic E-state index is -4.84. The summed E-state index contributed by atoms with van der Waals surface area (Å²) in [5, 5.41) is 9.33. The van der Waals surface area contributed by atoms with Crippen LogP contribution in [0.3, 0.4) is 0 Å². The minimum Gasteiger partial charge on any atom is -0.466 e. The van der Waals surface area contributed by atoms with Crippen molar-refractivity contribution in [2.75, 3.05) is 7.11 Å². The van der Waals surface area contributed by atoms with Crippen LogP contribution in [0.15, 0.2) is 33.3 Å². The van der Waals surface area contributed by atoms with E-state index in [1.807, 2.05) is 0 Å². The van der Waals surface area contributed by atoms with Gasteiger partial charge in [-0.1, -0.05) is 12.1 Å². The zero-order chi connectivity index (χ0) is 19.5. The molecule has 1 fully saturated rings. The topological polar surface area (TPSA) is 80.1 Å². The molecule has 0 aliphatic carbocycles.